The molecule has 0 saturated heterocycles. The largest absolute Gasteiger partial charge is 0.497 e. The maximum Gasteiger partial charge on any atom is 0.265 e. The van der Waals surface area contributed by atoms with Crippen molar-refractivity contribution in [3.63, 3.8) is 0 Å². The molecule has 1 aliphatic rings. The summed E-state index contributed by atoms with van der Waals surface area (Å²) in [7, 11) is 0.0173. The van der Waals surface area contributed by atoms with Crippen LogP contribution in [-0.4, -0.2) is 81.8 Å². The van der Waals surface area contributed by atoms with Crippen LogP contribution in [0.3, 0.4) is 0 Å². The molecule has 2 aromatic heterocycles. The topological polar surface area (TPSA) is 134 Å². The summed E-state index contributed by atoms with van der Waals surface area (Å²) in [6.45, 7) is 6.76. The molecule has 3 N–H and O–H groups in total. The Morgan fingerprint density at radius 3 is 2.27 bits per heavy atom. The molecular formula is C34H43F3N6O5S. The van der Waals surface area contributed by atoms with Crippen LogP contribution in [0.25, 0.3) is 22.2 Å². The molecule has 266 valence electrons. The van der Waals surface area contributed by atoms with Gasteiger partial charge in [0.2, 0.25) is 0 Å². The summed E-state index contributed by atoms with van der Waals surface area (Å²) in [5.41, 5.74) is 7.21. The Hall–Kier alpha value is -3.92. The number of hydrogen-bond acceptors (Lipinski definition) is 9. The Balaban J connectivity index is 1.49. The summed E-state index contributed by atoms with van der Waals surface area (Å²) in [6, 6.07) is 4.86. The predicted octanol–water partition coefficient (Wildman–Crippen LogP) is 6.11. The van der Waals surface area contributed by atoms with Gasteiger partial charge in [-0.05, 0) is 69.2 Å². The van der Waals surface area contributed by atoms with Gasteiger partial charge in [0.05, 0.1) is 36.9 Å². The Morgan fingerprint density at radius 1 is 0.980 bits per heavy atom. The van der Waals surface area contributed by atoms with Crippen molar-refractivity contribution in [1.82, 2.24) is 19.7 Å². The van der Waals surface area contributed by atoms with Gasteiger partial charge >= 0.3 is 0 Å². The standard InChI is InChI=1S/C34H43F3N6O5S/c1-20(2)43-33-25(21-6-8-22(9-7-21)42(12-14-46-3)13-15-47-4)19-39-34(38)31(33)32(40-43)24-17-28(37)29(18-27(24)36)41-49(44,45)30-16-23(48-5)10-11-26(30)35/h10-11,16-22,41H,6-9,12-15H2,1-5H3,(H2,38,39)/t21-,22-. The molecule has 2 heterocycles. The van der Waals surface area contributed by atoms with E-state index >= 15 is 8.78 Å². The van der Waals surface area contributed by atoms with Gasteiger partial charge in [0.1, 0.15) is 39.6 Å². The highest BCUT2D eigenvalue weighted by atomic mass is 32.2. The highest BCUT2D eigenvalue weighted by Gasteiger charge is 2.31. The predicted molar refractivity (Wildman–Crippen MR) is 182 cm³/mol. The van der Waals surface area contributed by atoms with Gasteiger partial charge in [0.15, 0.2) is 0 Å². The van der Waals surface area contributed by atoms with Crippen LogP contribution < -0.4 is 15.2 Å². The average molecular weight is 705 g/mol. The second-order valence-corrected chi connectivity index (χ2v) is 14.1. The highest BCUT2D eigenvalue weighted by molar-refractivity contribution is 7.92. The minimum atomic E-state index is -4.66. The number of sulfonamides is 1. The summed E-state index contributed by atoms with van der Waals surface area (Å²) < 4.78 is 91.3. The molecule has 49 heavy (non-hydrogen) atoms. The third-order valence-corrected chi connectivity index (χ3v) is 10.5. The molecule has 1 saturated carbocycles. The first kappa shape index (κ1) is 36.4. The molecule has 15 heteroatoms. The first-order valence-electron chi connectivity index (χ1n) is 16.1. The Labute approximate surface area is 284 Å². The molecule has 2 aromatic carbocycles. The number of methoxy groups -OCH3 is 3. The van der Waals surface area contributed by atoms with Gasteiger partial charge in [-0.3, -0.25) is 14.3 Å². The van der Waals surface area contributed by atoms with Crippen LogP contribution in [0, 0.1) is 17.5 Å². The maximum atomic E-state index is 15.9. The molecule has 11 nitrogen and oxygen atoms in total. The Bertz CT molecular complexity index is 1890. The number of nitrogens with one attached hydrogen (secondary N) is 1. The van der Waals surface area contributed by atoms with Crippen molar-refractivity contribution >= 4 is 32.4 Å². The number of nitrogens with two attached hydrogens (primary N) is 1. The summed E-state index contributed by atoms with van der Waals surface area (Å²) in [5.74, 6) is -2.82. The van der Waals surface area contributed by atoms with Crippen LogP contribution >= 0.6 is 0 Å². The van der Waals surface area contributed by atoms with E-state index in [1.165, 1.54) is 13.2 Å². The van der Waals surface area contributed by atoms with Gasteiger partial charge in [0.25, 0.3) is 10.0 Å². The zero-order valence-electron chi connectivity index (χ0n) is 28.3. The van der Waals surface area contributed by atoms with Crippen LogP contribution in [0.5, 0.6) is 5.75 Å². The van der Waals surface area contributed by atoms with Crippen molar-refractivity contribution < 1.29 is 35.8 Å². The van der Waals surface area contributed by atoms with Crippen molar-refractivity contribution in [2.24, 2.45) is 0 Å². The summed E-state index contributed by atoms with van der Waals surface area (Å²) >= 11 is 0. The number of anilines is 2. The zero-order valence-corrected chi connectivity index (χ0v) is 29.1. The van der Waals surface area contributed by atoms with E-state index < -0.39 is 38.1 Å². The van der Waals surface area contributed by atoms with E-state index in [0.717, 1.165) is 62.5 Å². The van der Waals surface area contributed by atoms with E-state index in [0.29, 0.717) is 36.2 Å². The molecule has 0 aliphatic heterocycles. The molecule has 4 aromatic rings. The maximum absolute atomic E-state index is 15.9. The number of hydrogen-bond donors (Lipinski definition) is 2. The van der Waals surface area contributed by atoms with Gasteiger partial charge < -0.3 is 19.9 Å². The molecule has 0 spiro atoms. The van der Waals surface area contributed by atoms with Crippen molar-refractivity contribution in [3.8, 4) is 17.0 Å². The molecule has 1 fully saturated rings. The number of aromatic nitrogens is 3. The monoisotopic (exact) mass is 704 g/mol. The molecular weight excluding hydrogens is 661 g/mol. The van der Waals surface area contributed by atoms with Gasteiger partial charge in [-0.15, -0.1) is 0 Å². The van der Waals surface area contributed by atoms with Crippen LogP contribution in [0.15, 0.2) is 41.4 Å². The first-order valence-corrected chi connectivity index (χ1v) is 17.6. The lowest BCUT2D eigenvalue weighted by Gasteiger charge is -2.37. The summed E-state index contributed by atoms with van der Waals surface area (Å²) in [4.78, 5) is 6.10. The second kappa shape index (κ2) is 15.3. The van der Waals surface area contributed by atoms with Crippen LogP contribution in [0.1, 0.15) is 57.1 Å². The van der Waals surface area contributed by atoms with Crippen molar-refractivity contribution in [2.75, 3.05) is 58.1 Å². The third-order valence-electron chi connectivity index (χ3n) is 9.07. The van der Waals surface area contributed by atoms with E-state index in [9.17, 15) is 12.8 Å². The van der Waals surface area contributed by atoms with Crippen molar-refractivity contribution in [2.45, 2.75) is 62.4 Å². The molecule has 0 amide bonds. The van der Waals surface area contributed by atoms with Crippen LogP contribution in [0.4, 0.5) is 24.7 Å². The lowest BCUT2D eigenvalue weighted by Crippen LogP contribution is -2.41. The number of fused-ring (bicyclic) bond motifs is 1. The normalized spacial score (nSPS) is 16.9. The van der Waals surface area contributed by atoms with Gasteiger partial charge in [-0.25, -0.2) is 26.6 Å². The van der Waals surface area contributed by atoms with Gasteiger partial charge in [0, 0.05) is 63.3 Å². The lowest BCUT2D eigenvalue weighted by molar-refractivity contribution is 0.0716. The smallest absolute Gasteiger partial charge is 0.265 e. The van der Waals surface area contributed by atoms with Crippen molar-refractivity contribution in [1.29, 1.82) is 0 Å². The highest BCUT2D eigenvalue weighted by Crippen LogP contribution is 2.43. The van der Waals surface area contributed by atoms with Crippen LogP contribution in [-0.2, 0) is 19.5 Å². The Morgan fingerprint density at radius 2 is 1.65 bits per heavy atom. The molecule has 0 atom stereocenters. The number of halogens is 3. The van der Waals surface area contributed by atoms with Gasteiger partial charge in [-0.1, -0.05) is 0 Å². The average Bonchev–Trinajstić information content (AvgIpc) is 3.48. The zero-order chi connectivity index (χ0) is 35.5. The van der Waals surface area contributed by atoms with Crippen molar-refractivity contribution in [3.05, 3.63) is 59.5 Å². The molecule has 5 rings (SSSR count). The van der Waals surface area contributed by atoms with Crippen LogP contribution in [0.2, 0.25) is 0 Å². The number of benzene rings is 2. The fraction of sp³-hybridized carbons (Fsp3) is 0.471. The number of nitrogen functional groups attached to an aromatic ring is 1. The molecule has 0 unspecified atom stereocenters. The van der Waals surface area contributed by atoms with E-state index in [-0.39, 0.29) is 34.8 Å². The van der Waals surface area contributed by atoms with E-state index in [2.05, 4.69) is 9.88 Å². The first-order chi connectivity index (χ1) is 23.4. The minimum Gasteiger partial charge on any atom is -0.497 e. The van der Waals surface area contributed by atoms with E-state index in [4.69, 9.17) is 25.0 Å². The number of nitrogens with zero attached hydrogens (tertiary/aromatic N) is 4. The van der Waals surface area contributed by atoms with E-state index in [1.807, 2.05) is 18.6 Å². The fourth-order valence-electron chi connectivity index (χ4n) is 6.55. The minimum absolute atomic E-state index is 0.0705. The molecule has 0 bridgehead atoms. The van der Waals surface area contributed by atoms with Gasteiger partial charge in [-0.2, -0.15) is 5.10 Å². The lowest BCUT2D eigenvalue weighted by atomic mass is 9.81. The number of rotatable bonds is 14. The molecule has 0 radical (unpaired) electrons. The van der Waals surface area contributed by atoms with E-state index in [1.54, 1.807) is 25.1 Å². The second-order valence-electron chi connectivity index (χ2n) is 12.5. The summed E-state index contributed by atoms with van der Waals surface area (Å²) in [5, 5.41) is 5.11. The number of pyridine rings is 1. The molecule has 1 aliphatic carbocycles. The quantitative estimate of drug-likeness (QED) is 0.160. The summed E-state index contributed by atoms with van der Waals surface area (Å²) in [6.07, 6.45) is 5.42. The fourth-order valence-corrected chi connectivity index (χ4v) is 7.70. The number of ether oxygens (including phenoxy) is 3. The third kappa shape index (κ3) is 7.64. The Kier molecular flexibility index (Phi) is 11.4. The SMILES string of the molecule is COCCN(CCOC)[C@H]1CC[C@H](c2cnc(N)c3c(-c4cc(F)c(NS(=O)(=O)c5cc(OC)ccc5F)cc4F)nn(C(C)C)c32)CC1.